The van der Waals surface area contributed by atoms with Crippen molar-refractivity contribution in [2.75, 3.05) is 18.5 Å². The van der Waals surface area contributed by atoms with Crippen LogP contribution in [0.4, 0.5) is 5.69 Å². The summed E-state index contributed by atoms with van der Waals surface area (Å²) < 4.78 is 0. The Kier molecular flexibility index (Phi) is 4.12. The van der Waals surface area contributed by atoms with Gasteiger partial charge in [0.15, 0.2) is 6.29 Å². The first-order chi connectivity index (χ1) is 7.04. The number of carbonyl (C=O) groups excluding carboxylic acids is 1. The number of hydrogen-bond donors (Lipinski definition) is 1. The first-order valence-corrected chi connectivity index (χ1v) is 5.06. The first-order valence-electron chi connectivity index (χ1n) is 4.68. The molecule has 0 radical (unpaired) electrons. The van der Waals surface area contributed by atoms with E-state index in [1.165, 1.54) is 0 Å². The molecule has 1 rings (SSSR count). The van der Waals surface area contributed by atoms with E-state index in [1.807, 2.05) is 11.9 Å². The summed E-state index contributed by atoms with van der Waals surface area (Å²) in [5.41, 5.74) is 1.36. The number of aliphatic hydroxyl groups excluding tert-OH is 1. The van der Waals surface area contributed by atoms with Crippen molar-refractivity contribution >= 4 is 23.6 Å². The van der Waals surface area contributed by atoms with Gasteiger partial charge in [0.25, 0.3) is 0 Å². The molecule has 0 aliphatic rings. The third-order valence-electron chi connectivity index (χ3n) is 2.09. The van der Waals surface area contributed by atoms with Crippen LogP contribution in [0.15, 0.2) is 18.2 Å². The van der Waals surface area contributed by atoms with Crippen LogP contribution in [0.5, 0.6) is 0 Å². The topological polar surface area (TPSA) is 40.5 Å². The van der Waals surface area contributed by atoms with Crippen molar-refractivity contribution in [3.63, 3.8) is 0 Å². The number of carbonyl (C=O) groups is 1. The number of anilines is 1. The second-order valence-electron chi connectivity index (χ2n) is 3.55. The number of hydrogen-bond acceptors (Lipinski definition) is 3. The molecule has 0 aliphatic heterocycles. The van der Waals surface area contributed by atoms with Crippen LogP contribution < -0.4 is 4.90 Å². The van der Waals surface area contributed by atoms with E-state index in [1.54, 1.807) is 25.1 Å². The molecule has 0 bridgehead atoms. The maximum atomic E-state index is 10.5. The Morgan fingerprint density at radius 1 is 1.60 bits per heavy atom. The lowest BCUT2D eigenvalue weighted by molar-refractivity contribution is 0.112. The van der Waals surface area contributed by atoms with E-state index in [2.05, 4.69) is 0 Å². The molecule has 0 spiro atoms. The average molecular weight is 228 g/mol. The fourth-order valence-corrected chi connectivity index (χ4v) is 1.57. The van der Waals surface area contributed by atoms with E-state index in [0.29, 0.717) is 17.1 Å². The molecule has 1 aromatic carbocycles. The highest BCUT2D eigenvalue weighted by molar-refractivity contribution is 6.33. The molecule has 82 valence electrons. The molecule has 0 fully saturated rings. The molecule has 15 heavy (non-hydrogen) atoms. The van der Waals surface area contributed by atoms with Crippen molar-refractivity contribution in [3.8, 4) is 0 Å². The quantitative estimate of drug-likeness (QED) is 0.800. The monoisotopic (exact) mass is 227 g/mol. The zero-order valence-electron chi connectivity index (χ0n) is 8.77. The minimum atomic E-state index is -0.403. The number of benzene rings is 1. The third-order valence-corrected chi connectivity index (χ3v) is 2.42. The average Bonchev–Trinajstić information content (AvgIpc) is 2.16. The fourth-order valence-electron chi connectivity index (χ4n) is 1.35. The van der Waals surface area contributed by atoms with Crippen LogP contribution in [0.2, 0.25) is 5.02 Å². The zero-order valence-corrected chi connectivity index (χ0v) is 9.53. The van der Waals surface area contributed by atoms with Crippen LogP contribution in [-0.4, -0.2) is 31.1 Å². The molecule has 0 saturated heterocycles. The SMILES string of the molecule is CC(O)CN(C)c1ccc(C=O)c(Cl)c1. The number of likely N-dealkylation sites (N-methyl/N-ethyl adjacent to an activating group) is 1. The summed E-state index contributed by atoms with van der Waals surface area (Å²) >= 11 is 5.89. The van der Waals surface area contributed by atoms with Gasteiger partial charge in [-0.1, -0.05) is 11.6 Å². The van der Waals surface area contributed by atoms with E-state index in [9.17, 15) is 9.90 Å². The summed E-state index contributed by atoms with van der Waals surface area (Å²) in [5, 5.41) is 9.65. The minimum Gasteiger partial charge on any atom is -0.392 e. The molecule has 4 heteroatoms. The second-order valence-corrected chi connectivity index (χ2v) is 3.96. The van der Waals surface area contributed by atoms with Crippen molar-refractivity contribution in [2.45, 2.75) is 13.0 Å². The third kappa shape index (κ3) is 3.22. The number of aliphatic hydroxyl groups is 1. The number of rotatable bonds is 4. The molecular weight excluding hydrogens is 214 g/mol. The lowest BCUT2D eigenvalue weighted by Crippen LogP contribution is -2.26. The van der Waals surface area contributed by atoms with Gasteiger partial charge in [0.05, 0.1) is 11.1 Å². The standard InChI is InChI=1S/C11H14ClNO2/c1-8(15)6-13(2)10-4-3-9(7-14)11(12)5-10/h3-5,7-8,15H,6H2,1-2H3. The molecule has 1 N–H and O–H groups in total. The van der Waals surface area contributed by atoms with Crippen LogP contribution in [0.3, 0.4) is 0 Å². The Morgan fingerprint density at radius 3 is 2.73 bits per heavy atom. The van der Waals surface area contributed by atoms with Gasteiger partial charge in [-0.2, -0.15) is 0 Å². The highest BCUT2D eigenvalue weighted by Crippen LogP contribution is 2.21. The number of halogens is 1. The maximum Gasteiger partial charge on any atom is 0.151 e. The van der Waals surface area contributed by atoms with Gasteiger partial charge < -0.3 is 10.0 Å². The Balaban J connectivity index is 2.87. The van der Waals surface area contributed by atoms with Crippen molar-refractivity contribution in [1.29, 1.82) is 0 Å². The summed E-state index contributed by atoms with van der Waals surface area (Å²) in [4.78, 5) is 12.4. The predicted molar refractivity (Wildman–Crippen MR) is 61.8 cm³/mol. The van der Waals surface area contributed by atoms with Crippen LogP contribution in [0.1, 0.15) is 17.3 Å². The molecule has 1 atom stereocenters. The molecule has 3 nitrogen and oxygen atoms in total. The lowest BCUT2D eigenvalue weighted by atomic mass is 10.2. The Bertz CT molecular complexity index is 352. The number of nitrogens with zero attached hydrogens (tertiary/aromatic N) is 1. The van der Waals surface area contributed by atoms with E-state index < -0.39 is 6.10 Å². The Labute approximate surface area is 94.3 Å². The van der Waals surface area contributed by atoms with E-state index in [0.717, 1.165) is 12.0 Å². The highest BCUT2D eigenvalue weighted by Gasteiger charge is 2.06. The fraction of sp³-hybridized carbons (Fsp3) is 0.364. The molecule has 0 heterocycles. The van der Waals surface area contributed by atoms with Gasteiger partial charge in [0.1, 0.15) is 0 Å². The Hall–Kier alpha value is -1.06. The first kappa shape index (κ1) is 12.0. The second kappa shape index (κ2) is 5.14. The minimum absolute atomic E-state index is 0.403. The van der Waals surface area contributed by atoms with Gasteiger partial charge >= 0.3 is 0 Å². The van der Waals surface area contributed by atoms with Crippen molar-refractivity contribution in [1.82, 2.24) is 0 Å². The molecule has 0 saturated carbocycles. The van der Waals surface area contributed by atoms with Crippen LogP contribution in [0.25, 0.3) is 0 Å². The van der Waals surface area contributed by atoms with Crippen LogP contribution >= 0.6 is 11.6 Å². The summed E-state index contributed by atoms with van der Waals surface area (Å²) in [5.74, 6) is 0. The van der Waals surface area contributed by atoms with Crippen LogP contribution in [0, 0.1) is 0 Å². The van der Waals surface area contributed by atoms with Gasteiger partial charge in [-0.3, -0.25) is 4.79 Å². The van der Waals surface area contributed by atoms with Gasteiger partial charge in [0.2, 0.25) is 0 Å². The van der Waals surface area contributed by atoms with E-state index in [-0.39, 0.29) is 0 Å². The number of aldehydes is 1. The largest absolute Gasteiger partial charge is 0.392 e. The molecule has 0 aliphatic carbocycles. The van der Waals surface area contributed by atoms with E-state index in [4.69, 9.17) is 11.6 Å². The highest BCUT2D eigenvalue weighted by atomic mass is 35.5. The molecule has 1 unspecified atom stereocenters. The maximum absolute atomic E-state index is 10.5. The van der Waals surface area contributed by atoms with Gasteiger partial charge in [-0.05, 0) is 25.1 Å². The normalized spacial score (nSPS) is 12.3. The molecule has 0 aromatic heterocycles. The summed E-state index contributed by atoms with van der Waals surface area (Å²) in [7, 11) is 1.86. The lowest BCUT2D eigenvalue weighted by Gasteiger charge is -2.21. The molecule has 0 amide bonds. The van der Waals surface area contributed by atoms with E-state index >= 15 is 0 Å². The smallest absolute Gasteiger partial charge is 0.151 e. The summed E-state index contributed by atoms with van der Waals surface area (Å²) in [6.07, 6.45) is 0.320. The zero-order chi connectivity index (χ0) is 11.4. The van der Waals surface area contributed by atoms with Gasteiger partial charge in [0, 0.05) is 24.8 Å². The van der Waals surface area contributed by atoms with Crippen molar-refractivity contribution in [2.24, 2.45) is 0 Å². The summed E-state index contributed by atoms with van der Waals surface area (Å²) in [6.45, 7) is 2.24. The molecule has 1 aromatic rings. The van der Waals surface area contributed by atoms with Crippen molar-refractivity contribution < 1.29 is 9.90 Å². The molecular formula is C11H14ClNO2. The van der Waals surface area contributed by atoms with Crippen LogP contribution in [-0.2, 0) is 0 Å². The van der Waals surface area contributed by atoms with Gasteiger partial charge in [-0.15, -0.1) is 0 Å². The van der Waals surface area contributed by atoms with Crippen molar-refractivity contribution in [3.05, 3.63) is 28.8 Å². The van der Waals surface area contributed by atoms with Gasteiger partial charge in [-0.25, -0.2) is 0 Å². The predicted octanol–water partition coefficient (Wildman–Crippen LogP) is 1.97. The Morgan fingerprint density at radius 2 is 2.27 bits per heavy atom. The summed E-state index contributed by atoms with van der Waals surface area (Å²) in [6, 6.07) is 5.19.